The minimum atomic E-state index is 0.0954. The van der Waals surface area contributed by atoms with Gasteiger partial charge in [-0.1, -0.05) is 10.3 Å². The van der Waals surface area contributed by atoms with Crippen LogP contribution >= 0.6 is 20.7 Å². The second kappa shape index (κ2) is 2.53. The molecule has 0 N–H and O–H groups in total. The molecule has 0 unspecified atom stereocenters. The fraction of sp³-hybridized carbons (Fsp3) is 0.429. The Bertz CT molecular complexity index is 348. The summed E-state index contributed by atoms with van der Waals surface area (Å²) in [6, 6.07) is 0. The Labute approximate surface area is 70.9 Å². The van der Waals surface area contributed by atoms with Crippen LogP contribution in [0.25, 0.3) is 0 Å². The molecule has 0 spiro atoms. The second-order valence-electron chi connectivity index (χ2n) is 2.54. The summed E-state index contributed by atoms with van der Waals surface area (Å²) in [5.74, 6) is 0.162. The molecule has 0 fully saturated rings. The summed E-state index contributed by atoms with van der Waals surface area (Å²) in [7, 11) is 2.53. The van der Waals surface area contributed by atoms with Gasteiger partial charge in [0.1, 0.15) is 0 Å². The normalized spacial score (nSPS) is 16.5. The second-order valence-corrected chi connectivity index (χ2v) is 4.65. The molecule has 58 valence electrons. The first-order valence-electron chi connectivity index (χ1n) is 3.44. The molecular weight excluding hydrogens is 180 g/mol. The van der Waals surface area contributed by atoms with Gasteiger partial charge in [-0.15, -0.1) is 0 Å². The standard InChI is InChI=1S/C7H6O2S2/c8-5-3-1-2-4-6(5)10-11-7(4)9/h1-3H2. The van der Waals surface area contributed by atoms with E-state index in [2.05, 4.69) is 0 Å². The Morgan fingerprint density at radius 1 is 1.09 bits per heavy atom. The fourth-order valence-electron chi connectivity index (χ4n) is 1.24. The van der Waals surface area contributed by atoms with Crippen LogP contribution < -0.4 is 4.74 Å². The van der Waals surface area contributed by atoms with Crippen molar-refractivity contribution in [2.24, 2.45) is 0 Å². The third-order valence-electron chi connectivity index (χ3n) is 1.81. The molecule has 1 aliphatic carbocycles. The Balaban J connectivity index is 2.64. The Morgan fingerprint density at radius 3 is 2.64 bits per heavy atom. The topological polar surface area (TPSA) is 34.1 Å². The van der Waals surface area contributed by atoms with Gasteiger partial charge in [0.2, 0.25) is 4.74 Å². The van der Waals surface area contributed by atoms with Gasteiger partial charge in [0.15, 0.2) is 5.78 Å². The molecule has 2 nitrogen and oxygen atoms in total. The van der Waals surface area contributed by atoms with E-state index >= 15 is 0 Å². The summed E-state index contributed by atoms with van der Waals surface area (Å²) in [4.78, 5) is 23.0. The van der Waals surface area contributed by atoms with E-state index in [1.807, 2.05) is 0 Å². The van der Waals surface area contributed by atoms with E-state index in [0.717, 1.165) is 23.3 Å². The molecule has 0 saturated carbocycles. The Hall–Kier alpha value is -0.480. The van der Waals surface area contributed by atoms with Crippen molar-refractivity contribution in [3.8, 4) is 0 Å². The lowest BCUT2D eigenvalue weighted by atomic mass is 9.99. The van der Waals surface area contributed by atoms with Crippen LogP contribution in [0.5, 0.6) is 0 Å². The number of fused-ring (bicyclic) bond motifs is 1. The minimum Gasteiger partial charge on any atom is -0.293 e. The van der Waals surface area contributed by atoms with E-state index in [4.69, 9.17) is 0 Å². The lowest BCUT2D eigenvalue weighted by Crippen LogP contribution is -2.12. The van der Waals surface area contributed by atoms with Crippen LogP contribution in [0.1, 0.15) is 28.1 Å². The first-order chi connectivity index (χ1) is 5.29. The number of carbonyl (C=O) groups is 1. The van der Waals surface area contributed by atoms with Crippen molar-refractivity contribution >= 4 is 26.5 Å². The number of hydrogen-bond acceptors (Lipinski definition) is 4. The van der Waals surface area contributed by atoms with Crippen molar-refractivity contribution in [2.45, 2.75) is 19.3 Å². The average Bonchev–Trinajstić information content (AvgIpc) is 2.35. The Morgan fingerprint density at radius 2 is 1.91 bits per heavy atom. The van der Waals surface area contributed by atoms with Crippen LogP contribution in [0, 0.1) is 0 Å². The predicted octanol–water partition coefficient (Wildman–Crippen LogP) is 1.69. The van der Waals surface area contributed by atoms with E-state index in [1.54, 1.807) is 0 Å². The lowest BCUT2D eigenvalue weighted by molar-refractivity contribution is 0.0977. The smallest absolute Gasteiger partial charge is 0.246 e. The van der Waals surface area contributed by atoms with Gasteiger partial charge in [-0.25, -0.2) is 0 Å². The van der Waals surface area contributed by atoms with Crippen LogP contribution in [0.2, 0.25) is 0 Å². The van der Waals surface area contributed by atoms with Crippen molar-refractivity contribution in [2.75, 3.05) is 0 Å². The largest absolute Gasteiger partial charge is 0.293 e. The molecule has 11 heavy (non-hydrogen) atoms. The molecule has 0 radical (unpaired) electrons. The molecule has 0 bridgehead atoms. The maximum atomic E-state index is 11.2. The highest BCUT2D eigenvalue weighted by Crippen LogP contribution is 2.24. The number of rotatable bonds is 0. The summed E-state index contributed by atoms with van der Waals surface area (Å²) < 4.78 is 0.0954. The zero-order valence-electron chi connectivity index (χ0n) is 5.75. The maximum Gasteiger partial charge on any atom is 0.246 e. The molecule has 0 atom stereocenters. The fourth-order valence-corrected chi connectivity index (χ4v) is 3.62. The first-order valence-corrected chi connectivity index (χ1v) is 5.59. The van der Waals surface area contributed by atoms with Crippen LogP contribution in [0.3, 0.4) is 0 Å². The SMILES string of the molecule is O=C1CCCc2c1ssc2=O. The highest BCUT2D eigenvalue weighted by Gasteiger charge is 2.21. The zero-order chi connectivity index (χ0) is 7.84. The summed E-state index contributed by atoms with van der Waals surface area (Å²) >= 11 is 0. The van der Waals surface area contributed by atoms with Gasteiger partial charge in [0, 0.05) is 12.0 Å². The predicted molar refractivity (Wildman–Crippen MR) is 45.7 cm³/mol. The van der Waals surface area contributed by atoms with Crippen molar-refractivity contribution in [1.82, 2.24) is 0 Å². The van der Waals surface area contributed by atoms with Crippen LogP contribution in [-0.4, -0.2) is 5.78 Å². The van der Waals surface area contributed by atoms with Gasteiger partial charge < -0.3 is 0 Å². The van der Waals surface area contributed by atoms with E-state index in [-0.39, 0.29) is 10.5 Å². The molecule has 2 rings (SSSR count). The molecule has 0 aromatic carbocycles. The van der Waals surface area contributed by atoms with Crippen LogP contribution in [-0.2, 0) is 6.42 Å². The van der Waals surface area contributed by atoms with E-state index in [9.17, 15) is 9.59 Å². The average molecular weight is 186 g/mol. The van der Waals surface area contributed by atoms with Crippen molar-refractivity contribution in [3.63, 3.8) is 0 Å². The van der Waals surface area contributed by atoms with Gasteiger partial charge in [0.25, 0.3) is 0 Å². The van der Waals surface area contributed by atoms with Crippen LogP contribution in [0.15, 0.2) is 4.79 Å². The van der Waals surface area contributed by atoms with E-state index in [1.165, 1.54) is 20.7 Å². The number of Topliss-reactive ketones (excluding diaryl/α,β-unsaturated/α-hetero) is 1. The summed E-state index contributed by atoms with van der Waals surface area (Å²) in [6.45, 7) is 0. The monoisotopic (exact) mass is 186 g/mol. The van der Waals surface area contributed by atoms with Crippen molar-refractivity contribution < 1.29 is 4.79 Å². The maximum absolute atomic E-state index is 11.2. The van der Waals surface area contributed by atoms with E-state index < -0.39 is 0 Å². The van der Waals surface area contributed by atoms with Crippen LogP contribution in [0.4, 0.5) is 0 Å². The number of carbonyl (C=O) groups excluding carboxylic acids is 1. The van der Waals surface area contributed by atoms with Gasteiger partial charge in [-0.2, -0.15) is 0 Å². The summed E-state index contributed by atoms with van der Waals surface area (Å²) in [6.07, 6.45) is 2.28. The summed E-state index contributed by atoms with van der Waals surface area (Å²) in [5, 5.41) is 0. The molecule has 1 aromatic rings. The quantitative estimate of drug-likeness (QED) is 0.578. The molecule has 1 aromatic heterocycles. The third-order valence-corrected chi connectivity index (χ3v) is 4.13. The molecule has 1 heterocycles. The van der Waals surface area contributed by atoms with Gasteiger partial charge in [-0.05, 0) is 23.2 Å². The van der Waals surface area contributed by atoms with E-state index in [0.29, 0.717) is 6.42 Å². The van der Waals surface area contributed by atoms with Gasteiger partial charge in [-0.3, -0.25) is 9.59 Å². The molecule has 1 aliphatic rings. The zero-order valence-corrected chi connectivity index (χ0v) is 7.39. The summed E-state index contributed by atoms with van der Waals surface area (Å²) in [5.41, 5.74) is 0.774. The molecule has 0 amide bonds. The first kappa shape index (κ1) is 7.18. The highest BCUT2D eigenvalue weighted by atomic mass is 32.9. The molecular formula is C7H6O2S2. The number of ketones is 1. The third kappa shape index (κ3) is 1.06. The Kier molecular flexibility index (Phi) is 1.65. The molecule has 0 saturated heterocycles. The molecule has 4 heteroatoms. The minimum absolute atomic E-state index is 0.0954. The highest BCUT2D eigenvalue weighted by molar-refractivity contribution is 7.69. The van der Waals surface area contributed by atoms with Gasteiger partial charge >= 0.3 is 0 Å². The van der Waals surface area contributed by atoms with Crippen molar-refractivity contribution in [3.05, 3.63) is 20.0 Å². The van der Waals surface area contributed by atoms with Gasteiger partial charge in [0.05, 0.1) is 4.88 Å². The van der Waals surface area contributed by atoms with Crippen molar-refractivity contribution in [1.29, 1.82) is 0 Å². The molecule has 0 aliphatic heterocycles. The number of hydrogen-bond donors (Lipinski definition) is 0. The lowest BCUT2D eigenvalue weighted by Gasteiger charge is -2.06.